The van der Waals surface area contributed by atoms with Gasteiger partial charge >= 0.3 is 17.9 Å². The zero-order chi connectivity index (χ0) is 20.7. The Kier molecular flexibility index (Phi) is 6.64. The van der Waals surface area contributed by atoms with E-state index in [4.69, 9.17) is 25.7 Å². The predicted octanol–water partition coefficient (Wildman–Crippen LogP) is 2.22. The topological polar surface area (TPSA) is 140 Å². The van der Waals surface area contributed by atoms with Gasteiger partial charge in [-0.1, -0.05) is 12.1 Å². The molecule has 8 heteroatoms. The molecule has 2 aromatic carbocycles. The van der Waals surface area contributed by atoms with Crippen molar-refractivity contribution in [3.63, 3.8) is 0 Å². The van der Waals surface area contributed by atoms with Crippen molar-refractivity contribution in [1.82, 2.24) is 0 Å². The first kappa shape index (κ1) is 20.4. The Morgan fingerprint density at radius 3 is 2.11 bits per heavy atom. The molecule has 0 aliphatic rings. The number of rotatable bonds is 7. The summed E-state index contributed by atoms with van der Waals surface area (Å²) in [5, 5.41) is 16.5. The molecule has 0 heterocycles. The number of carbonyl (C=O) groups is 3. The lowest BCUT2D eigenvalue weighted by molar-refractivity contribution is -0.143. The van der Waals surface area contributed by atoms with Crippen molar-refractivity contribution in [2.24, 2.45) is 5.73 Å². The second kappa shape index (κ2) is 9.13. The van der Waals surface area contributed by atoms with Crippen molar-refractivity contribution in [1.29, 1.82) is 5.41 Å². The van der Waals surface area contributed by atoms with Gasteiger partial charge in [0, 0.05) is 5.56 Å². The molecule has 2 aromatic rings. The van der Waals surface area contributed by atoms with Crippen molar-refractivity contribution >= 4 is 29.8 Å². The zero-order valence-electron chi connectivity index (χ0n) is 15.0. The molecule has 0 aliphatic heterocycles. The van der Waals surface area contributed by atoms with Gasteiger partial charge in [0.1, 0.15) is 17.2 Å². The van der Waals surface area contributed by atoms with E-state index in [0.717, 1.165) is 6.08 Å². The largest absolute Gasteiger partial charge is 0.477 e. The van der Waals surface area contributed by atoms with Crippen LogP contribution in [0.3, 0.4) is 0 Å². The van der Waals surface area contributed by atoms with E-state index in [9.17, 15) is 14.4 Å². The fourth-order valence-electron chi connectivity index (χ4n) is 2.17. The summed E-state index contributed by atoms with van der Waals surface area (Å²) in [4.78, 5) is 35.1. The minimum atomic E-state index is -1.41. The summed E-state index contributed by atoms with van der Waals surface area (Å²) in [6, 6.07) is 12.0. The number of nitrogen functional groups attached to an aromatic ring is 1. The van der Waals surface area contributed by atoms with Crippen molar-refractivity contribution in [2.75, 3.05) is 6.61 Å². The number of aliphatic carboxylic acids is 1. The third-order valence-corrected chi connectivity index (χ3v) is 3.56. The average Bonchev–Trinajstić information content (AvgIpc) is 2.66. The molecule has 0 unspecified atom stereocenters. The van der Waals surface area contributed by atoms with Crippen LogP contribution < -0.4 is 10.5 Å². The standard InChI is InChI=1S/C20H18N2O6/c1-2-27-20(26)16(18(23)24)11-12-3-5-14(6-4-12)19(25)28-15-9-7-13(8-10-15)17(21)22/h3-11H,2H2,1H3,(H3,21,22)(H,23,24). The van der Waals surface area contributed by atoms with Crippen molar-refractivity contribution < 1.29 is 29.0 Å². The summed E-state index contributed by atoms with van der Waals surface area (Å²) < 4.78 is 9.94. The van der Waals surface area contributed by atoms with Crippen molar-refractivity contribution in [2.45, 2.75) is 6.92 Å². The van der Waals surface area contributed by atoms with Crippen LogP contribution in [0.1, 0.15) is 28.4 Å². The molecule has 0 aromatic heterocycles. The number of ether oxygens (including phenoxy) is 2. The lowest BCUT2D eigenvalue weighted by Gasteiger charge is -2.06. The van der Waals surface area contributed by atoms with Crippen molar-refractivity contribution in [3.05, 3.63) is 70.8 Å². The van der Waals surface area contributed by atoms with Gasteiger partial charge in [-0.05, 0) is 55.0 Å². The third kappa shape index (κ3) is 5.28. The number of nitrogens with one attached hydrogen (secondary N) is 1. The number of hydrogen-bond acceptors (Lipinski definition) is 6. The van der Waals surface area contributed by atoms with E-state index in [1.54, 1.807) is 19.1 Å². The van der Waals surface area contributed by atoms with E-state index in [1.807, 2.05) is 0 Å². The number of hydrogen-bond donors (Lipinski definition) is 3. The molecule has 0 amide bonds. The van der Waals surface area contributed by atoms with Crippen LogP contribution in [0.2, 0.25) is 0 Å². The fraction of sp³-hybridized carbons (Fsp3) is 0.100. The normalized spacial score (nSPS) is 10.8. The van der Waals surface area contributed by atoms with Crippen LogP contribution in [0, 0.1) is 5.41 Å². The minimum absolute atomic E-state index is 0.0572. The molecular formula is C20H18N2O6. The van der Waals surface area contributed by atoms with E-state index in [-0.39, 0.29) is 23.8 Å². The fourth-order valence-corrected chi connectivity index (χ4v) is 2.17. The third-order valence-electron chi connectivity index (χ3n) is 3.56. The van der Waals surface area contributed by atoms with Crippen LogP contribution in [-0.2, 0) is 14.3 Å². The molecule has 0 aliphatic carbocycles. The maximum absolute atomic E-state index is 12.2. The van der Waals surface area contributed by atoms with Gasteiger partial charge in [-0.25, -0.2) is 14.4 Å². The summed E-state index contributed by atoms with van der Waals surface area (Å²) in [5.41, 5.74) is 6.01. The van der Waals surface area contributed by atoms with Gasteiger partial charge in [-0.2, -0.15) is 0 Å². The average molecular weight is 382 g/mol. The van der Waals surface area contributed by atoms with Crippen LogP contribution in [0.4, 0.5) is 0 Å². The second-order valence-electron chi connectivity index (χ2n) is 5.53. The van der Waals surface area contributed by atoms with Gasteiger partial charge in [0.2, 0.25) is 0 Å². The molecule has 0 fully saturated rings. The van der Waals surface area contributed by atoms with Gasteiger partial charge in [0.15, 0.2) is 0 Å². The van der Waals surface area contributed by atoms with E-state index < -0.39 is 23.5 Å². The zero-order valence-corrected chi connectivity index (χ0v) is 15.0. The molecule has 28 heavy (non-hydrogen) atoms. The Labute approximate surface area is 160 Å². The molecule has 0 atom stereocenters. The summed E-state index contributed by atoms with van der Waals surface area (Å²) in [6.07, 6.45) is 1.16. The Bertz CT molecular complexity index is 930. The number of amidine groups is 1. The van der Waals surface area contributed by atoms with Gasteiger partial charge in [-0.15, -0.1) is 0 Å². The molecular weight excluding hydrogens is 364 g/mol. The van der Waals surface area contributed by atoms with E-state index >= 15 is 0 Å². The smallest absolute Gasteiger partial charge is 0.345 e. The molecule has 0 spiro atoms. The Morgan fingerprint density at radius 2 is 1.61 bits per heavy atom. The SMILES string of the molecule is CCOC(=O)C(=Cc1ccc(C(=O)Oc2ccc(C(=N)N)cc2)cc1)C(=O)O. The highest BCUT2D eigenvalue weighted by atomic mass is 16.5. The second-order valence-corrected chi connectivity index (χ2v) is 5.53. The van der Waals surface area contributed by atoms with Gasteiger partial charge in [0.25, 0.3) is 0 Å². The summed E-state index contributed by atoms with van der Waals surface area (Å²) in [5.74, 6) is -2.77. The molecule has 0 saturated carbocycles. The van der Waals surface area contributed by atoms with Gasteiger partial charge < -0.3 is 20.3 Å². The predicted molar refractivity (Wildman–Crippen MR) is 101 cm³/mol. The molecule has 144 valence electrons. The minimum Gasteiger partial charge on any atom is -0.477 e. The lowest BCUT2D eigenvalue weighted by atomic mass is 10.1. The summed E-state index contributed by atoms with van der Waals surface area (Å²) in [6.45, 7) is 1.63. The highest BCUT2D eigenvalue weighted by molar-refractivity contribution is 6.17. The van der Waals surface area contributed by atoms with Crippen LogP contribution in [-0.4, -0.2) is 35.5 Å². The van der Waals surface area contributed by atoms with Crippen LogP contribution >= 0.6 is 0 Å². The highest BCUT2D eigenvalue weighted by Gasteiger charge is 2.18. The van der Waals surface area contributed by atoms with E-state index in [1.165, 1.54) is 36.4 Å². The summed E-state index contributed by atoms with van der Waals surface area (Å²) in [7, 11) is 0. The Morgan fingerprint density at radius 1 is 1.04 bits per heavy atom. The van der Waals surface area contributed by atoms with Crippen LogP contribution in [0.15, 0.2) is 54.1 Å². The first-order chi connectivity index (χ1) is 13.3. The molecule has 0 saturated heterocycles. The van der Waals surface area contributed by atoms with Gasteiger partial charge in [-0.3, -0.25) is 5.41 Å². The summed E-state index contributed by atoms with van der Waals surface area (Å²) >= 11 is 0. The molecule has 4 N–H and O–H groups in total. The maximum Gasteiger partial charge on any atom is 0.345 e. The first-order valence-electron chi connectivity index (χ1n) is 8.20. The number of esters is 2. The number of carboxylic acid groups (broad SMARTS) is 1. The highest BCUT2D eigenvalue weighted by Crippen LogP contribution is 2.16. The molecule has 0 bridgehead atoms. The number of carbonyl (C=O) groups excluding carboxylic acids is 2. The first-order valence-corrected chi connectivity index (χ1v) is 8.20. The molecule has 0 radical (unpaired) electrons. The van der Waals surface area contributed by atoms with E-state index in [2.05, 4.69) is 0 Å². The van der Waals surface area contributed by atoms with E-state index in [0.29, 0.717) is 11.1 Å². The van der Waals surface area contributed by atoms with Gasteiger partial charge in [0.05, 0.1) is 12.2 Å². The monoisotopic (exact) mass is 382 g/mol. The van der Waals surface area contributed by atoms with Crippen LogP contribution in [0.25, 0.3) is 6.08 Å². The lowest BCUT2D eigenvalue weighted by Crippen LogP contribution is -2.15. The molecule has 8 nitrogen and oxygen atoms in total. The number of carboxylic acids is 1. The maximum atomic E-state index is 12.2. The Hall–Kier alpha value is -3.94. The Balaban J connectivity index is 2.13. The van der Waals surface area contributed by atoms with Crippen LogP contribution in [0.5, 0.6) is 5.75 Å². The number of nitrogens with two attached hydrogens (primary N) is 1. The quantitative estimate of drug-likeness (QED) is 0.127. The molecule has 2 rings (SSSR count). The van der Waals surface area contributed by atoms with Crippen molar-refractivity contribution in [3.8, 4) is 5.75 Å². The number of benzene rings is 2.